The second kappa shape index (κ2) is 8.05. The second-order valence-electron chi connectivity index (χ2n) is 9.02. The molecule has 7 nitrogen and oxygen atoms in total. The number of anilines is 1. The normalized spacial score (nSPS) is 30.7. The van der Waals surface area contributed by atoms with E-state index >= 15 is 0 Å². The molecule has 156 valence electrons. The van der Waals surface area contributed by atoms with Crippen LogP contribution in [-0.2, 0) is 0 Å². The topological polar surface area (TPSA) is 69.5 Å². The molecule has 3 fully saturated rings. The standard InChI is InChI=1S/C22H32N6O/c1-15(2)27-6-8-28(9-7-27)21-12-20(23-14-24-21)22-18-11-16(17-5-10-29-13-17)3-4-19(18)25-26-22/h5,10,12-16,18-19,22,25-26H,3-4,6-9,11H2,1-2H3. The Morgan fingerprint density at radius 3 is 2.72 bits per heavy atom. The number of hydrazine groups is 1. The molecule has 0 radical (unpaired) electrons. The van der Waals surface area contributed by atoms with Crippen LogP contribution in [0.15, 0.2) is 35.4 Å². The minimum absolute atomic E-state index is 0.230. The summed E-state index contributed by atoms with van der Waals surface area (Å²) in [4.78, 5) is 14.2. The van der Waals surface area contributed by atoms with Gasteiger partial charge in [0.1, 0.15) is 12.1 Å². The van der Waals surface area contributed by atoms with Gasteiger partial charge in [-0.3, -0.25) is 10.3 Å². The van der Waals surface area contributed by atoms with Crippen molar-refractivity contribution in [3.8, 4) is 0 Å². The van der Waals surface area contributed by atoms with Crippen molar-refractivity contribution in [2.24, 2.45) is 5.92 Å². The summed E-state index contributed by atoms with van der Waals surface area (Å²) in [5.74, 6) is 2.17. The Balaban J connectivity index is 1.30. The van der Waals surface area contributed by atoms with Crippen molar-refractivity contribution in [3.05, 3.63) is 42.2 Å². The van der Waals surface area contributed by atoms with Gasteiger partial charge in [-0.05, 0) is 56.6 Å². The number of hydrogen-bond donors (Lipinski definition) is 2. The predicted octanol–water partition coefficient (Wildman–Crippen LogP) is 2.70. The monoisotopic (exact) mass is 396 g/mol. The molecule has 0 bridgehead atoms. The van der Waals surface area contributed by atoms with Gasteiger partial charge in [-0.2, -0.15) is 0 Å². The highest BCUT2D eigenvalue weighted by Crippen LogP contribution is 2.44. The third-order valence-electron chi connectivity index (χ3n) is 7.13. The number of nitrogens with zero attached hydrogens (tertiary/aromatic N) is 4. The van der Waals surface area contributed by atoms with Gasteiger partial charge in [-0.15, -0.1) is 0 Å². The van der Waals surface area contributed by atoms with Gasteiger partial charge in [0.2, 0.25) is 0 Å². The quantitative estimate of drug-likeness (QED) is 0.823. The summed E-state index contributed by atoms with van der Waals surface area (Å²) in [6.07, 6.45) is 8.98. The second-order valence-corrected chi connectivity index (χ2v) is 9.02. The Labute approximate surface area is 172 Å². The van der Waals surface area contributed by atoms with Gasteiger partial charge in [0.25, 0.3) is 0 Å². The first-order valence-electron chi connectivity index (χ1n) is 11.0. The number of aromatic nitrogens is 2. The van der Waals surface area contributed by atoms with Crippen LogP contribution >= 0.6 is 0 Å². The van der Waals surface area contributed by atoms with Crippen molar-refractivity contribution in [2.45, 2.75) is 57.2 Å². The van der Waals surface area contributed by atoms with E-state index in [9.17, 15) is 0 Å². The average Bonchev–Trinajstić information content (AvgIpc) is 3.43. The largest absolute Gasteiger partial charge is 0.472 e. The van der Waals surface area contributed by atoms with Crippen LogP contribution in [0.2, 0.25) is 0 Å². The molecule has 3 aliphatic rings. The molecular weight excluding hydrogens is 364 g/mol. The van der Waals surface area contributed by atoms with E-state index in [1.165, 1.54) is 18.4 Å². The SMILES string of the molecule is CC(C)N1CCN(c2cc(C3NNC4CCC(c5ccoc5)CC43)ncn2)CC1. The highest BCUT2D eigenvalue weighted by Gasteiger charge is 2.42. The fraction of sp³-hybridized carbons (Fsp3) is 0.636. The number of rotatable bonds is 4. The lowest BCUT2D eigenvalue weighted by Gasteiger charge is -2.37. The van der Waals surface area contributed by atoms with Gasteiger partial charge in [-0.1, -0.05) is 0 Å². The highest BCUT2D eigenvalue weighted by atomic mass is 16.3. The molecule has 2 saturated heterocycles. The molecule has 2 N–H and O–H groups in total. The lowest BCUT2D eigenvalue weighted by molar-refractivity contribution is 0.209. The van der Waals surface area contributed by atoms with Crippen molar-refractivity contribution in [1.82, 2.24) is 25.7 Å². The Morgan fingerprint density at radius 1 is 1.10 bits per heavy atom. The van der Waals surface area contributed by atoms with E-state index in [4.69, 9.17) is 4.42 Å². The Morgan fingerprint density at radius 2 is 1.97 bits per heavy atom. The van der Waals surface area contributed by atoms with Crippen LogP contribution in [0.1, 0.15) is 56.3 Å². The van der Waals surface area contributed by atoms with Crippen LogP contribution in [0.25, 0.3) is 0 Å². The van der Waals surface area contributed by atoms with Gasteiger partial charge >= 0.3 is 0 Å². The molecule has 2 aromatic heterocycles. The number of nitrogens with one attached hydrogen (secondary N) is 2. The van der Waals surface area contributed by atoms with Gasteiger partial charge < -0.3 is 9.32 Å². The molecule has 7 heteroatoms. The van der Waals surface area contributed by atoms with E-state index in [-0.39, 0.29) is 6.04 Å². The zero-order chi connectivity index (χ0) is 19.8. The van der Waals surface area contributed by atoms with Crippen LogP contribution in [-0.4, -0.2) is 53.1 Å². The minimum Gasteiger partial charge on any atom is -0.472 e. The maximum absolute atomic E-state index is 5.33. The Bertz CT molecular complexity index is 801. The molecule has 5 rings (SSSR count). The molecule has 4 unspecified atom stereocenters. The predicted molar refractivity (Wildman–Crippen MR) is 113 cm³/mol. The first kappa shape index (κ1) is 19.0. The van der Waals surface area contributed by atoms with Crippen LogP contribution in [0.3, 0.4) is 0 Å². The number of piperazine rings is 1. The van der Waals surface area contributed by atoms with Crippen LogP contribution in [0, 0.1) is 5.92 Å². The van der Waals surface area contributed by atoms with E-state index < -0.39 is 0 Å². The van der Waals surface area contributed by atoms with Gasteiger partial charge in [0.05, 0.1) is 24.3 Å². The fourth-order valence-corrected chi connectivity index (χ4v) is 5.33. The molecule has 2 aliphatic heterocycles. The first-order chi connectivity index (χ1) is 14.2. The zero-order valence-corrected chi connectivity index (χ0v) is 17.4. The average molecular weight is 397 g/mol. The van der Waals surface area contributed by atoms with E-state index in [2.05, 4.69) is 56.6 Å². The lowest BCUT2D eigenvalue weighted by atomic mass is 9.73. The molecular formula is C22H32N6O. The number of hydrogen-bond acceptors (Lipinski definition) is 7. The van der Waals surface area contributed by atoms with E-state index in [1.54, 1.807) is 12.6 Å². The fourth-order valence-electron chi connectivity index (χ4n) is 5.33. The Hall–Kier alpha value is -1.96. The Kier molecular flexibility index (Phi) is 5.28. The molecule has 29 heavy (non-hydrogen) atoms. The van der Waals surface area contributed by atoms with Gasteiger partial charge in [-0.25, -0.2) is 15.4 Å². The summed E-state index contributed by atoms with van der Waals surface area (Å²) in [6, 6.07) is 5.67. The summed E-state index contributed by atoms with van der Waals surface area (Å²) in [6.45, 7) is 8.79. The molecule has 0 spiro atoms. The van der Waals surface area contributed by atoms with E-state index in [1.807, 2.05) is 6.26 Å². The maximum atomic E-state index is 5.33. The molecule has 1 saturated carbocycles. The zero-order valence-electron chi connectivity index (χ0n) is 17.4. The summed E-state index contributed by atoms with van der Waals surface area (Å²) >= 11 is 0. The number of fused-ring (bicyclic) bond motifs is 1. The van der Waals surface area contributed by atoms with Gasteiger partial charge in [0, 0.05) is 44.3 Å². The van der Waals surface area contributed by atoms with Crippen molar-refractivity contribution in [1.29, 1.82) is 0 Å². The van der Waals surface area contributed by atoms with E-state index in [0.29, 0.717) is 23.9 Å². The third-order valence-corrected chi connectivity index (χ3v) is 7.13. The van der Waals surface area contributed by atoms with Crippen molar-refractivity contribution < 1.29 is 4.42 Å². The summed E-state index contributed by atoms with van der Waals surface area (Å²) in [7, 11) is 0. The lowest BCUT2D eigenvalue weighted by Crippen LogP contribution is -2.49. The minimum atomic E-state index is 0.230. The maximum Gasteiger partial charge on any atom is 0.132 e. The van der Waals surface area contributed by atoms with E-state index in [0.717, 1.165) is 44.1 Å². The highest BCUT2D eigenvalue weighted by molar-refractivity contribution is 5.40. The van der Waals surface area contributed by atoms with Crippen LogP contribution < -0.4 is 15.8 Å². The number of furan rings is 1. The molecule has 2 aromatic rings. The summed E-state index contributed by atoms with van der Waals surface area (Å²) in [5.41, 5.74) is 9.52. The van der Waals surface area contributed by atoms with Gasteiger partial charge in [0.15, 0.2) is 0 Å². The molecule has 1 aliphatic carbocycles. The summed E-state index contributed by atoms with van der Waals surface area (Å²) < 4.78 is 5.33. The molecule has 4 heterocycles. The molecule has 0 aromatic carbocycles. The molecule has 0 amide bonds. The van der Waals surface area contributed by atoms with Crippen molar-refractivity contribution in [3.63, 3.8) is 0 Å². The third kappa shape index (κ3) is 3.79. The van der Waals surface area contributed by atoms with Crippen LogP contribution in [0.5, 0.6) is 0 Å². The molecule has 4 atom stereocenters. The van der Waals surface area contributed by atoms with Crippen molar-refractivity contribution >= 4 is 5.82 Å². The first-order valence-corrected chi connectivity index (χ1v) is 11.0. The smallest absolute Gasteiger partial charge is 0.132 e. The van der Waals surface area contributed by atoms with Crippen molar-refractivity contribution in [2.75, 3.05) is 31.1 Å². The summed E-state index contributed by atoms with van der Waals surface area (Å²) in [5, 5.41) is 0. The van der Waals surface area contributed by atoms with Crippen LogP contribution in [0.4, 0.5) is 5.82 Å².